The Labute approximate surface area is 114 Å². The number of hydrogen-bond donors (Lipinski definition) is 1. The normalized spacial score (nSPS) is 12.2. The summed E-state index contributed by atoms with van der Waals surface area (Å²) in [5.41, 5.74) is 0.977. The van der Waals surface area contributed by atoms with Gasteiger partial charge in [0, 0.05) is 12.1 Å². The Bertz CT molecular complexity index is 426. The van der Waals surface area contributed by atoms with Gasteiger partial charge in [0.1, 0.15) is 11.8 Å². The lowest BCUT2D eigenvalue weighted by Crippen LogP contribution is -2.20. The molecule has 1 N–H and O–H groups in total. The second-order valence-corrected chi connectivity index (χ2v) is 5.05. The summed E-state index contributed by atoms with van der Waals surface area (Å²) in [6.07, 6.45) is -0.506. The number of halogens is 1. The van der Waals surface area contributed by atoms with E-state index in [-0.39, 0.29) is 0 Å². The maximum Gasteiger partial charge on any atom is 0.181 e. The Morgan fingerprint density at radius 3 is 2.72 bits per heavy atom. The highest BCUT2D eigenvalue weighted by molar-refractivity contribution is 6.32. The molecule has 0 aliphatic heterocycles. The predicted molar refractivity (Wildman–Crippen MR) is 73.7 cm³/mol. The van der Waals surface area contributed by atoms with Gasteiger partial charge in [-0.1, -0.05) is 37.6 Å². The molecule has 0 aromatic heterocycles. The highest BCUT2D eigenvalue weighted by Gasteiger charge is 2.11. The molecule has 3 nitrogen and oxygen atoms in total. The molecule has 0 fully saturated rings. The van der Waals surface area contributed by atoms with Gasteiger partial charge in [0.05, 0.1) is 5.02 Å². The van der Waals surface area contributed by atoms with Crippen molar-refractivity contribution < 1.29 is 4.74 Å². The highest BCUT2D eigenvalue weighted by Crippen LogP contribution is 2.29. The minimum atomic E-state index is -0.506. The van der Waals surface area contributed by atoms with Crippen LogP contribution >= 0.6 is 11.6 Å². The van der Waals surface area contributed by atoms with Crippen molar-refractivity contribution in [3.05, 3.63) is 28.8 Å². The van der Waals surface area contributed by atoms with Crippen LogP contribution in [0.25, 0.3) is 0 Å². The molecule has 4 heteroatoms. The highest BCUT2D eigenvalue weighted by atomic mass is 35.5. The molecule has 98 valence electrons. The summed E-state index contributed by atoms with van der Waals surface area (Å²) in [6.45, 7) is 7.63. The van der Waals surface area contributed by atoms with E-state index in [0.29, 0.717) is 23.2 Å². The van der Waals surface area contributed by atoms with Crippen LogP contribution < -0.4 is 10.1 Å². The van der Waals surface area contributed by atoms with E-state index in [4.69, 9.17) is 21.6 Å². The third-order valence-corrected chi connectivity index (χ3v) is 2.69. The van der Waals surface area contributed by atoms with E-state index >= 15 is 0 Å². The Morgan fingerprint density at radius 2 is 2.11 bits per heavy atom. The van der Waals surface area contributed by atoms with Crippen molar-refractivity contribution in [1.29, 1.82) is 5.26 Å². The fourth-order valence-electron chi connectivity index (χ4n) is 1.52. The average Bonchev–Trinajstić information content (AvgIpc) is 2.32. The number of nitrogens with one attached hydrogen (secondary N) is 1. The van der Waals surface area contributed by atoms with Crippen LogP contribution in [-0.2, 0) is 6.54 Å². The topological polar surface area (TPSA) is 45.0 Å². The Balaban J connectivity index is 2.77. The molecule has 1 rings (SSSR count). The molecule has 0 heterocycles. The van der Waals surface area contributed by atoms with Crippen LogP contribution in [0.1, 0.15) is 26.3 Å². The first-order valence-corrected chi connectivity index (χ1v) is 6.46. The van der Waals surface area contributed by atoms with Crippen LogP contribution in [-0.4, -0.2) is 12.6 Å². The standard InChI is InChI=1S/C14H19ClN2O/c1-10(2)8-17-9-12-5-4-6-13(15)14(12)18-11(3)7-16/h4-6,10-11,17H,8-9H2,1-3H3. The maximum atomic E-state index is 8.79. The Kier molecular flexibility index (Phi) is 5.97. The second-order valence-electron chi connectivity index (χ2n) is 4.64. The van der Waals surface area contributed by atoms with Gasteiger partial charge in [0.15, 0.2) is 6.10 Å². The van der Waals surface area contributed by atoms with Gasteiger partial charge in [0.25, 0.3) is 0 Å². The van der Waals surface area contributed by atoms with Crippen molar-refractivity contribution in [3.63, 3.8) is 0 Å². The van der Waals surface area contributed by atoms with Crippen molar-refractivity contribution in [1.82, 2.24) is 5.32 Å². The first-order chi connectivity index (χ1) is 8.54. The van der Waals surface area contributed by atoms with Gasteiger partial charge < -0.3 is 10.1 Å². The minimum Gasteiger partial charge on any atom is -0.474 e. The zero-order valence-corrected chi connectivity index (χ0v) is 11.8. The van der Waals surface area contributed by atoms with Crippen LogP contribution in [0.15, 0.2) is 18.2 Å². The first kappa shape index (κ1) is 14.8. The molecule has 0 amide bonds. The summed E-state index contributed by atoms with van der Waals surface area (Å²) in [6, 6.07) is 7.66. The molecule has 0 saturated carbocycles. The number of rotatable bonds is 6. The van der Waals surface area contributed by atoms with Crippen molar-refractivity contribution in [2.45, 2.75) is 33.4 Å². The number of nitrogens with zero attached hydrogens (tertiary/aromatic N) is 1. The summed E-state index contributed by atoms with van der Waals surface area (Å²) in [7, 11) is 0. The van der Waals surface area contributed by atoms with Gasteiger partial charge in [-0.15, -0.1) is 0 Å². The summed E-state index contributed by atoms with van der Waals surface area (Å²) in [5, 5.41) is 12.7. The fourth-order valence-corrected chi connectivity index (χ4v) is 1.76. The third-order valence-electron chi connectivity index (χ3n) is 2.39. The van der Waals surface area contributed by atoms with E-state index in [2.05, 4.69) is 19.2 Å². The predicted octanol–water partition coefficient (Wildman–Crippen LogP) is 3.38. The quantitative estimate of drug-likeness (QED) is 0.859. The molecule has 1 aromatic rings. The van der Waals surface area contributed by atoms with E-state index < -0.39 is 6.10 Å². The van der Waals surface area contributed by atoms with Crippen molar-refractivity contribution in [3.8, 4) is 11.8 Å². The molecule has 0 aliphatic rings. The SMILES string of the molecule is CC(C)CNCc1cccc(Cl)c1OC(C)C#N. The molecule has 18 heavy (non-hydrogen) atoms. The van der Waals surface area contributed by atoms with Gasteiger partial charge in [-0.05, 0) is 25.5 Å². The molecule has 1 atom stereocenters. The summed E-state index contributed by atoms with van der Waals surface area (Å²) < 4.78 is 5.55. The lowest BCUT2D eigenvalue weighted by molar-refractivity contribution is 0.273. The van der Waals surface area contributed by atoms with E-state index in [1.807, 2.05) is 18.2 Å². The number of nitriles is 1. The smallest absolute Gasteiger partial charge is 0.181 e. The van der Waals surface area contributed by atoms with Crippen LogP contribution in [0, 0.1) is 17.2 Å². The van der Waals surface area contributed by atoms with Crippen molar-refractivity contribution in [2.24, 2.45) is 5.92 Å². The molecule has 0 spiro atoms. The fraction of sp³-hybridized carbons (Fsp3) is 0.500. The van der Waals surface area contributed by atoms with Gasteiger partial charge in [-0.25, -0.2) is 0 Å². The molecule has 1 unspecified atom stereocenters. The number of para-hydroxylation sites is 1. The monoisotopic (exact) mass is 266 g/mol. The summed E-state index contributed by atoms with van der Waals surface area (Å²) in [4.78, 5) is 0. The van der Waals surface area contributed by atoms with Gasteiger partial charge in [-0.3, -0.25) is 0 Å². The first-order valence-electron chi connectivity index (χ1n) is 6.09. The zero-order valence-electron chi connectivity index (χ0n) is 11.0. The Morgan fingerprint density at radius 1 is 1.39 bits per heavy atom. The third kappa shape index (κ3) is 4.56. The number of benzene rings is 1. The lowest BCUT2D eigenvalue weighted by atomic mass is 10.1. The van der Waals surface area contributed by atoms with Crippen LogP contribution in [0.3, 0.4) is 0 Å². The summed E-state index contributed by atoms with van der Waals surface area (Å²) in [5.74, 6) is 1.19. The average molecular weight is 267 g/mol. The van der Waals surface area contributed by atoms with E-state index in [1.165, 1.54) is 0 Å². The van der Waals surface area contributed by atoms with Crippen molar-refractivity contribution in [2.75, 3.05) is 6.54 Å². The number of hydrogen-bond acceptors (Lipinski definition) is 3. The van der Waals surface area contributed by atoms with E-state index in [0.717, 1.165) is 12.1 Å². The zero-order chi connectivity index (χ0) is 13.5. The van der Waals surface area contributed by atoms with Crippen LogP contribution in [0.5, 0.6) is 5.75 Å². The lowest BCUT2D eigenvalue weighted by Gasteiger charge is -2.15. The van der Waals surface area contributed by atoms with Gasteiger partial charge >= 0.3 is 0 Å². The molecule has 0 aliphatic carbocycles. The molecular weight excluding hydrogens is 248 g/mol. The summed E-state index contributed by atoms with van der Waals surface area (Å²) >= 11 is 6.11. The van der Waals surface area contributed by atoms with Crippen LogP contribution in [0.4, 0.5) is 0 Å². The second kappa shape index (κ2) is 7.25. The number of ether oxygens (including phenoxy) is 1. The molecule has 0 saturated heterocycles. The van der Waals surface area contributed by atoms with E-state index in [1.54, 1.807) is 13.0 Å². The largest absolute Gasteiger partial charge is 0.474 e. The van der Waals surface area contributed by atoms with Crippen molar-refractivity contribution >= 4 is 11.6 Å². The van der Waals surface area contributed by atoms with Crippen LogP contribution in [0.2, 0.25) is 5.02 Å². The molecule has 0 radical (unpaired) electrons. The maximum absolute atomic E-state index is 8.79. The van der Waals surface area contributed by atoms with E-state index in [9.17, 15) is 0 Å². The minimum absolute atomic E-state index is 0.506. The van der Waals surface area contributed by atoms with Gasteiger partial charge in [-0.2, -0.15) is 5.26 Å². The Hall–Kier alpha value is -1.24. The molecule has 0 bridgehead atoms. The van der Waals surface area contributed by atoms with Gasteiger partial charge in [0.2, 0.25) is 0 Å². The molecule has 1 aromatic carbocycles. The molecular formula is C14H19ClN2O.